The predicted molar refractivity (Wildman–Crippen MR) is 99.8 cm³/mol. The van der Waals surface area contributed by atoms with Crippen molar-refractivity contribution in [1.82, 2.24) is 4.31 Å². The monoisotopic (exact) mass is 621 g/mol. The first-order valence-electron chi connectivity index (χ1n) is 9.52. The van der Waals surface area contributed by atoms with E-state index in [9.17, 15) is 73.9 Å². The van der Waals surface area contributed by atoms with Crippen molar-refractivity contribution in [2.75, 3.05) is 46.5 Å². The largest absolute Gasteiger partial charge is 0.460 e. The molecule has 0 aliphatic carbocycles. The molecule has 0 rings (SSSR count). The zero-order valence-corrected chi connectivity index (χ0v) is 20.6. The number of quaternary nitrogens is 1. The van der Waals surface area contributed by atoms with Crippen LogP contribution in [0.4, 0.5) is 57.1 Å². The Morgan fingerprint density at radius 2 is 1.05 bits per heavy atom. The van der Waals surface area contributed by atoms with Gasteiger partial charge in [-0.25, -0.2) is 8.42 Å². The summed E-state index contributed by atoms with van der Waals surface area (Å²) in [6, 6.07) is 0. The van der Waals surface area contributed by atoms with Crippen LogP contribution in [0.3, 0.4) is 0 Å². The summed E-state index contributed by atoms with van der Waals surface area (Å²) in [5.41, 5.74) is 0. The third-order valence-corrected chi connectivity index (χ3v) is 7.75. The fourth-order valence-electron chi connectivity index (χ4n) is 2.74. The van der Waals surface area contributed by atoms with Gasteiger partial charge in [-0.15, -0.1) is 0 Å². The summed E-state index contributed by atoms with van der Waals surface area (Å²) in [6.45, 7) is -1.44. The maximum absolute atomic E-state index is 14.1. The summed E-state index contributed by atoms with van der Waals surface area (Å²) < 4.78 is 225. The van der Waals surface area contributed by atoms with Crippen LogP contribution in [0, 0.1) is 0 Å². The Balaban J connectivity index is 5.87. The lowest BCUT2D eigenvalue weighted by Crippen LogP contribution is -2.71. The molecule has 0 aliphatic rings. The minimum atomic E-state index is -8.23. The van der Waals surface area contributed by atoms with E-state index in [0.29, 0.717) is 0 Å². The van der Waals surface area contributed by atoms with Gasteiger partial charge in [-0.1, -0.05) is 0 Å². The van der Waals surface area contributed by atoms with Gasteiger partial charge in [-0.2, -0.15) is 69.8 Å². The zero-order chi connectivity index (χ0) is 30.3. The third-order valence-electron chi connectivity index (χ3n) is 5.04. The summed E-state index contributed by atoms with van der Waals surface area (Å²) in [5, 5.41) is -7.30. The van der Waals surface area contributed by atoms with E-state index in [1.807, 2.05) is 0 Å². The maximum Gasteiger partial charge on any atom is 0.460 e. The van der Waals surface area contributed by atoms with Gasteiger partial charge in [0.2, 0.25) is 0 Å². The highest BCUT2D eigenvalue weighted by molar-refractivity contribution is 7.90. The second-order valence-corrected chi connectivity index (χ2v) is 12.2. The van der Waals surface area contributed by atoms with E-state index in [2.05, 4.69) is 0 Å². The highest BCUT2D eigenvalue weighted by Crippen LogP contribution is 2.61. The molecule has 0 fully saturated rings. The van der Waals surface area contributed by atoms with Crippen molar-refractivity contribution in [3.05, 3.63) is 0 Å². The average molecular weight is 621 g/mol. The molecule has 0 saturated carbocycles. The Morgan fingerprint density at radius 1 is 0.676 bits per heavy atom. The number of alkyl halides is 13. The maximum atomic E-state index is 14.1. The van der Waals surface area contributed by atoms with Crippen LogP contribution in [-0.4, -0.2) is 112 Å². The third kappa shape index (κ3) is 6.90. The number of sulfonamides is 1. The molecule has 22 heteroatoms. The van der Waals surface area contributed by atoms with Crippen molar-refractivity contribution in [3.8, 4) is 0 Å². The van der Waals surface area contributed by atoms with Crippen molar-refractivity contribution in [2.45, 2.75) is 48.0 Å². The van der Waals surface area contributed by atoms with Gasteiger partial charge in [0.15, 0.2) is 0 Å². The van der Waals surface area contributed by atoms with Gasteiger partial charge in [-0.3, -0.25) is 4.55 Å². The molecule has 37 heavy (non-hydrogen) atoms. The first-order valence-corrected chi connectivity index (χ1v) is 12.6. The van der Waals surface area contributed by atoms with E-state index in [1.54, 1.807) is 0 Å². The summed E-state index contributed by atoms with van der Waals surface area (Å²) in [7, 11) is -8.57. The number of halogens is 13. The highest BCUT2D eigenvalue weighted by Gasteiger charge is 2.92. The van der Waals surface area contributed by atoms with E-state index in [1.165, 1.54) is 14.1 Å². The number of rotatable bonds is 14. The van der Waals surface area contributed by atoms with Gasteiger partial charge in [0.05, 0.1) is 32.9 Å². The second-order valence-electron chi connectivity index (χ2n) is 8.51. The minimum Gasteiger partial charge on any atom is -0.328 e. The molecule has 0 aromatic carbocycles. The van der Waals surface area contributed by atoms with Crippen molar-refractivity contribution in [2.24, 2.45) is 0 Å². The molecule has 0 aliphatic heterocycles. The van der Waals surface area contributed by atoms with E-state index in [4.69, 9.17) is 4.55 Å². The van der Waals surface area contributed by atoms with Gasteiger partial charge >= 0.3 is 35.1 Å². The fourth-order valence-corrected chi connectivity index (χ4v) is 4.45. The molecule has 0 aromatic heterocycles. The van der Waals surface area contributed by atoms with Crippen LogP contribution in [0.25, 0.3) is 0 Å². The molecule has 0 amide bonds. The van der Waals surface area contributed by atoms with Gasteiger partial charge in [-0.05, 0) is 0 Å². The van der Waals surface area contributed by atoms with Crippen LogP contribution in [-0.2, 0) is 20.1 Å². The van der Waals surface area contributed by atoms with Crippen LogP contribution < -0.4 is 0 Å². The van der Waals surface area contributed by atoms with Gasteiger partial charge in [0.1, 0.15) is 0 Å². The van der Waals surface area contributed by atoms with E-state index < -0.39 is 78.3 Å². The van der Waals surface area contributed by atoms with Crippen molar-refractivity contribution in [3.63, 3.8) is 0 Å². The zero-order valence-electron chi connectivity index (χ0n) is 18.9. The number of hydrogen-bond acceptors (Lipinski definition) is 4. The minimum absolute atomic E-state index is 0.0286. The first kappa shape index (κ1) is 35.9. The number of nitrogens with zero attached hydrogens (tertiary/aromatic N) is 2. The highest BCUT2D eigenvalue weighted by atomic mass is 32.2. The van der Waals surface area contributed by atoms with E-state index in [-0.39, 0.29) is 31.0 Å². The molecule has 0 heterocycles. The van der Waals surface area contributed by atoms with Gasteiger partial charge < -0.3 is 4.48 Å². The molecule has 0 saturated heterocycles. The lowest BCUT2D eigenvalue weighted by Gasteiger charge is -2.40. The SMILES string of the molecule is CN(CCC[N+](C)(C)CCCS(=O)(=O)O)S(=O)(=O)C(F)(F)C(F)(F)C(F)(F)C(F)(F)C(F)(F)C(F)(F)F. The van der Waals surface area contributed by atoms with Crippen LogP contribution in [0.1, 0.15) is 12.8 Å². The van der Waals surface area contributed by atoms with Crippen molar-refractivity contribution < 1.29 is 82.9 Å². The molecular formula is C15H22F13N2O5S2+. The molecule has 0 atom stereocenters. The Bertz CT molecular complexity index is 1010. The molecule has 0 radical (unpaired) electrons. The summed E-state index contributed by atoms with van der Waals surface area (Å²) in [6.07, 6.45) is -8.31. The predicted octanol–water partition coefficient (Wildman–Crippen LogP) is 3.69. The molecule has 0 unspecified atom stereocenters. The smallest absolute Gasteiger partial charge is 0.328 e. The quantitative estimate of drug-likeness (QED) is 0.182. The lowest BCUT2D eigenvalue weighted by molar-refractivity contribution is -0.890. The average Bonchev–Trinajstić information content (AvgIpc) is 2.64. The van der Waals surface area contributed by atoms with Crippen LogP contribution in [0.5, 0.6) is 0 Å². The Labute approximate surface area is 202 Å². The Hall–Kier alpha value is -1.13. The summed E-state index contributed by atoms with van der Waals surface area (Å²) in [5.74, 6) is -33.1. The van der Waals surface area contributed by atoms with Crippen LogP contribution in [0.2, 0.25) is 0 Å². The van der Waals surface area contributed by atoms with Gasteiger partial charge in [0.25, 0.3) is 20.1 Å². The van der Waals surface area contributed by atoms with Crippen LogP contribution in [0.15, 0.2) is 0 Å². The summed E-state index contributed by atoms with van der Waals surface area (Å²) in [4.78, 5) is 0. The topological polar surface area (TPSA) is 91.8 Å². The van der Waals surface area contributed by atoms with Crippen molar-refractivity contribution in [1.29, 1.82) is 0 Å². The second kappa shape index (κ2) is 10.5. The standard InChI is InChI=1S/C15H21F13N2O5S2/c1-29(6-4-7-30(2,3)8-5-9-36(31,32)33)37(34,35)15(27,28)13(22,23)11(18,19)10(16,17)12(20,21)14(24,25)26/h4-9H2,1-3H3/p+1. The van der Waals surface area contributed by atoms with E-state index >= 15 is 0 Å². The molecule has 224 valence electrons. The molecule has 7 nitrogen and oxygen atoms in total. The van der Waals surface area contributed by atoms with E-state index in [0.717, 1.165) is 0 Å². The molecule has 0 spiro atoms. The molecule has 0 aromatic rings. The molecule has 1 N–H and O–H groups in total. The number of hydrogen-bond donors (Lipinski definition) is 1. The lowest BCUT2D eigenvalue weighted by atomic mass is 9.98. The normalized spacial score (nSPS) is 15.9. The van der Waals surface area contributed by atoms with Gasteiger partial charge in [0, 0.05) is 26.4 Å². The Morgan fingerprint density at radius 3 is 1.43 bits per heavy atom. The fraction of sp³-hybridized carbons (Fsp3) is 1.00. The van der Waals surface area contributed by atoms with Crippen molar-refractivity contribution >= 4 is 20.1 Å². The Kier molecular flexibility index (Phi) is 10.1. The molecule has 0 bridgehead atoms. The molecular weight excluding hydrogens is 599 g/mol. The first-order chi connectivity index (χ1) is 15.8. The summed E-state index contributed by atoms with van der Waals surface area (Å²) >= 11 is 0. The van der Waals surface area contributed by atoms with Crippen LogP contribution >= 0.6 is 0 Å².